The Morgan fingerprint density at radius 2 is 1.94 bits per heavy atom. The molecule has 0 saturated carbocycles. The van der Waals surface area contributed by atoms with Crippen molar-refractivity contribution in [1.29, 1.82) is 0 Å². The van der Waals surface area contributed by atoms with Crippen LogP contribution in [0.1, 0.15) is 30.6 Å². The first-order valence-electron chi connectivity index (χ1n) is 5.59. The minimum Gasteiger partial charge on any atom is -0.316 e. The quantitative estimate of drug-likeness (QED) is 0.593. The van der Waals surface area contributed by atoms with Gasteiger partial charge in [0.2, 0.25) is 0 Å². The van der Waals surface area contributed by atoms with Gasteiger partial charge in [-0.1, -0.05) is 13.8 Å². The van der Waals surface area contributed by atoms with Gasteiger partial charge in [0.25, 0.3) is 0 Å². The molecule has 2 nitrogen and oxygen atoms in total. The summed E-state index contributed by atoms with van der Waals surface area (Å²) in [7, 11) is 0. The van der Waals surface area contributed by atoms with E-state index in [1.807, 2.05) is 0 Å². The number of Topliss-reactive ketones (excluding diaryl/α,β-unsaturated/α-hetero) is 1. The number of rotatable bonds is 6. The molecule has 0 amide bonds. The van der Waals surface area contributed by atoms with Crippen molar-refractivity contribution < 1.29 is 9.18 Å². The Hall–Kier alpha value is -1.22. The second kappa shape index (κ2) is 6.38. The van der Waals surface area contributed by atoms with E-state index in [0.29, 0.717) is 24.4 Å². The number of halogens is 1. The van der Waals surface area contributed by atoms with Crippen LogP contribution in [0.25, 0.3) is 0 Å². The Balaban J connectivity index is 2.32. The molecule has 1 N–H and O–H groups in total. The molecule has 1 aromatic carbocycles. The molecule has 0 aliphatic rings. The van der Waals surface area contributed by atoms with Gasteiger partial charge in [0, 0.05) is 18.5 Å². The predicted octanol–water partition coefficient (Wildman–Crippen LogP) is 2.64. The highest BCUT2D eigenvalue weighted by Gasteiger charge is 2.05. The smallest absolute Gasteiger partial charge is 0.164 e. The molecule has 16 heavy (non-hydrogen) atoms. The van der Waals surface area contributed by atoms with Crippen molar-refractivity contribution in [1.82, 2.24) is 5.32 Å². The van der Waals surface area contributed by atoms with Gasteiger partial charge in [-0.25, -0.2) is 4.39 Å². The summed E-state index contributed by atoms with van der Waals surface area (Å²) in [4.78, 5) is 11.6. The van der Waals surface area contributed by atoms with E-state index >= 15 is 0 Å². The molecular weight excluding hydrogens is 205 g/mol. The van der Waals surface area contributed by atoms with Crippen molar-refractivity contribution in [2.45, 2.75) is 20.3 Å². The van der Waals surface area contributed by atoms with Gasteiger partial charge in [-0.05, 0) is 36.7 Å². The fourth-order valence-corrected chi connectivity index (χ4v) is 1.37. The number of hydrogen-bond donors (Lipinski definition) is 1. The van der Waals surface area contributed by atoms with Gasteiger partial charge in [-0.15, -0.1) is 0 Å². The summed E-state index contributed by atoms with van der Waals surface area (Å²) in [5, 5.41) is 3.20. The third kappa shape index (κ3) is 4.53. The van der Waals surface area contributed by atoms with Gasteiger partial charge >= 0.3 is 0 Å². The van der Waals surface area contributed by atoms with E-state index in [0.717, 1.165) is 6.54 Å². The summed E-state index contributed by atoms with van der Waals surface area (Å²) in [6, 6.07) is 5.68. The fourth-order valence-electron chi connectivity index (χ4n) is 1.37. The Kier molecular flexibility index (Phi) is 5.12. The van der Waals surface area contributed by atoms with Crippen LogP contribution in [-0.4, -0.2) is 18.9 Å². The summed E-state index contributed by atoms with van der Waals surface area (Å²) in [6.45, 7) is 5.83. The average Bonchev–Trinajstić information content (AvgIpc) is 2.25. The summed E-state index contributed by atoms with van der Waals surface area (Å²) >= 11 is 0. The molecule has 0 atom stereocenters. The predicted molar refractivity (Wildman–Crippen MR) is 63.1 cm³/mol. The van der Waals surface area contributed by atoms with Crippen LogP contribution in [0.4, 0.5) is 4.39 Å². The topological polar surface area (TPSA) is 29.1 Å². The zero-order valence-corrected chi connectivity index (χ0v) is 9.79. The third-order valence-corrected chi connectivity index (χ3v) is 2.25. The maximum atomic E-state index is 12.6. The first-order valence-corrected chi connectivity index (χ1v) is 5.59. The number of hydrogen-bond acceptors (Lipinski definition) is 2. The first kappa shape index (κ1) is 12.8. The van der Waals surface area contributed by atoms with Crippen molar-refractivity contribution in [3.63, 3.8) is 0 Å². The highest BCUT2D eigenvalue weighted by Crippen LogP contribution is 2.05. The Labute approximate surface area is 95.9 Å². The minimum absolute atomic E-state index is 0.0521. The Morgan fingerprint density at radius 3 is 2.50 bits per heavy atom. The van der Waals surface area contributed by atoms with E-state index in [2.05, 4.69) is 19.2 Å². The van der Waals surface area contributed by atoms with Crippen LogP contribution in [0.2, 0.25) is 0 Å². The van der Waals surface area contributed by atoms with Gasteiger partial charge in [-0.3, -0.25) is 4.79 Å². The zero-order valence-electron chi connectivity index (χ0n) is 9.79. The lowest BCUT2D eigenvalue weighted by atomic mass is 10.1. The lowest BCUT2D eigenvalue weighted by Crippen LogP contribution is -2.22. The van der Waals surface area contributed by atoms with Gasteiger partial charge in [0.05, 0.1) is 0 Å². The zero-order chi connectivity index (χ0) is 12.0. The molecular formula is C13H18FNO. The number of benzene rings is 1. The Bertz CT molecular complexity index is 332. The molecule has 0 aromatic heterocycles. The molecule has 88 valence electrons. The number of nitrogens with one attached hydrogen (secondary N) is 1. The number of carbonyl (C=O) groups excluding carboxylic acids is 1. The van der Waals surface area contributed by atoms with E-state index in [1.165, 1.54) is 24.3 Å². The van der Waals surface area contributed by atoms with Crippen molar-refractivity contribution in [3.05, 3.63) is 35.6 Å². The molecule has 1 aromatic rings. The third-order valence-electron chi connectivity index (χ3n) is 2.25. The summed E-state index contributed by atoms with van der Waals surface area (Å²) in [5.41, 5.74) is 0.577. The molecule has 0 radical (unpaired) electrons. The molecule has 0 saturated heterocycles. The lowest BCUT2D eigenvalue weighted by Gasteiger charge is -2.06. The van der Waals surface area contributed by atoms with Crippen LogP contribution < -0.4 is 5.32 Å². The Morgan fingerprint density at radius 1 is 1.31 bits per heavy atom. The van der Waals surface area contributed by atoms with E-state index in [-0.39, 0.29) is 11.6 Å². The van der Waals surface area contributed by atoms with E-state index in [1.54, 1.807) is 0 Å². The maximum Gasteiger partial charge on any atom is 0.164 e. The lowest BCUT2D eigenvalue weighted by molar-refractivity contribution is 0.0982. The SMILES string of the molecule is CC(C)CNCCC(=O)c1ccc(F)cc1. The monoisotopic (exact) mass is 223 g/mol. The molecule has 0 bridgehead atoms. The van der Waals surface area contributed by atoms with Crippen molar-refractivity contribution in [2.24, 2.45) is 5.92 Å². The van der Waals surface area contributed by atoms with Crippen molar-refractivity contribution in [3.8, 4) is 0 Å². The molecule has 3 heteroatoms. The average molecular weight is 223 g/mol. The minimum atomic E-state index is -0.311. The summed E-state index contributed by atoms with van der Waals surface area (Å²) in [6.07, 6.45) is 0.457. The molecule has 0 spiro atoms. The molecule has 0 aliphatic carbocycles. The molecule has 0 unspecified atom stereocenters. The van der Waals surface area contributed by atoms with Gasteiger partial charge in [0.1, 0.15) is 5.82 Å². The van der Waals surface area contributed by atoms with E-state index in [9.17, 15) is 9.18 Å². The summed E-state index contributed by atoms with van der Waals surface area (Å²) < 4.78 is 12.6. The molecule has 0 aliphatic heterocycles. The van der Waals surface area contributed by atoms with Gasteiger partial charge < -0.3 is 5.32 Å². The second-order valence-electron chi connectivity index (χ2n) is 4.28. The van der Waals surface area contributed by atoms with Crippen LogP contribution in [0, 0.1) is 11.7 Å². The largest absolute Gasteiger partial charge is 0.316 e. The van der Waals surface area contributed by atoms with E-state index in [4.69, 9.17) is 0 Å². The summed E-state index contributed by atoms with van der Waals surface area (Å²) in [5.74, 6) is 0.326. The molecule has 0 fully saturated rings. The normalized spacial score (nSPS) is 10.8. The second-order valence-corrected chi connectivity index (χ2v) is 4.28. The molecule has 0 heterocycles. The van der Waals surface area contributed by atoms with E-state index < -0.39 is 0 Å². The maximum absolute atomic E-state index is 12.6. The highest BCUT2D eigenvalue weighted by molar-refractivity contribution is 5.96. The van der Waals surface area contributed by atoms with Crippen LogP contribution in [-0.2, 0) is 0 Å². The van der Waals surface area contributed by atoms with Crippen LogP contribution in [0.5, 0.6) is 0 Å². The highest BCUT2D eigenvalue weighted by atomic mass is 19.1. The standard InChI is InChI=1S/C13H18FNO/c1-10(2)9-15-8-7-13(16)11-3-5-12(14)6-4-11/h3-6,10,15H,7-9H2,1-2H3. The van der Waals surface area contributed by atoms with Crippen LogP contribution >= 0.6 is 0 Å². The van der Waals surface area contributed by atoms with Gasteiger partial charge in [0.15, 0.2) is 5.78 Å². The van der Waals surface area contributed by atoms with Crippen molar-refractivity contribution >= 4 is 5.78 Å². The number of carbonyl (C=O) groups is 1. The number of ketones is 1. The van der Waals surface area contributed by atoms with Crippen LogP contribution in [0.15, 0.2) is 24.3 Å². The van der Waals surface area contributed by atoms with Gasteiger partial charge in [-0.2, -0.15) is 0 Å². The molecule has 1 rings (SSSR count). The van der Waals surface area contributed by atoms with Crippen molar-refractivity contribution in [2.75, 3.05) is 13.1 Å². The fraction of sp³-hybridized carbons (Fsp3) is 0.462. The van der Waals surface area contributed by atoms with Crippen LogP contribution in [0.3, 0.4) is 0 Å². The first-order chi connectivity index (χ1) is 7.59.